The van der Waals surface area contributed by atoms with E-state index >= 15 is 0 Å². The molecule has 1 heterocycles. The van der Waals surface area contributed by atoms with E-state index in [1.54, 1.807) is 32.2 Å². The van der Waals surface area contributed by atoms with Crippen molar-refractivity contribution in [2.45, 2.75) is 25.8 Å². The summed E-state index contributed by atoms with van der Waals surface area (Å²) in [7, 11) is 1.55. The van der Waals surface area contributed by atoms with Gasteiger partial charge >= 0.3 is 0 Å². The summed E-state index contributed by atoms with van der Waals surface area (Å²) in [5, 5.41) is 2.93. The molecular formula is C25H25N3O3. The lowest BCUT2D eigenvalue weighted by molar-refractivity contribution is -0.113. The van der Waals surface area contributed by atoms with E-state index in [4.69, 9.17) is 16.0 Å². The normalized spacial score (nSPS) is 17.9. The number of hydrogen-bond donors (Lipinski definition) is 1. The van der Waals surface area contributed by atoms with Gasteiger partial charge in [0.2, 0.25) is 0 Å². The number of allylic oxidation sites excluding steroid dienone is 1. The van der Waals surface area contributed by atoms with E-state index in [1.807, 2.05) is 43.3 Å². The van der Waals surface area contributed by atoms with Crippen molar-refractivity contribution in [3.8, 4) is 11.5 Å². The second-order valence-corrected chi connectivity index (χ2v) is 7.10. The second-order valence-electron chi connectivity index (χ2n) is 7.10. The van der Waals surface area contributed by atoms with Crippen molar-refractivity contribution in [2.24, 2.45) is 4.99 Å². The number of nitrogens with zero attached hydrogens (tertiary/aromatic N) is 2. The molecule has 0 aliphatic carbocycles. The maximum Gasteiger partial charge on any atom is 0.272 e. The summed E-state index contributed by atoms with van der Waals surface area (Å²) >= 11 is 0. The van der Waals surface area contributed by atoms with Gasteiger partial charge in [-0.2, -0.15) is 0 Å². The van der Waals surface area contributed by atoms with Crippen molar-refractivity contribution in [1.82, 2.24) is 0 Å². The zero-order valence-electron chi connectivity index (χ0n) is 17.9. The SMILES string of the molecule is [C-]#[N+]C1C(C)=NC(C)=C(C(=O)Nc2ccccc2OC)C1c1ccccc1OCC=C. The van der Waals surface area contributed by atoms with Crippen molar-refractivity contribution in [1.29, 1.82) is 0 Å². The minimum atomic E-state index is -0.615. The minimum Gasteiger partial charge on any atom is -0.495 e. The molecule has 0 saturated heterocycles. The van der Waals surface area contributed by atoms with Gasteiger partial charge in [-0.25, -0.2) is 6.57 Å². The lowest BCUT2D eigenvalue weighted by atomic mass is 9.79. The van der Waals surface area contributed by atoms with E-state index in [0.717, 1.165) is 5.56 Å². The Hall–Kier alpha value is -3.85. The molecule has 2 aromatic carbocycles. The summed E-state index contributed by atoms with van der Waals surface area (Å²) in [5.41, 5.74) is 3.00. The zero-order valence-corrected chi connectivity index (χ0v) is 17.9. The molecule has 0 aromatic heterocycles. The molecule has 31 heavy (non-hydrogen) atoms. The van der Waals surface area contributed by atoms with Crippen molar-refractivity contribution >= 4 is 17.3 Å². The summed E-state index contributed by atoms with van der Waals surface area (Å²) < 4.78 is 11.2. The number of hydrogen-bond acceptors (Lipinski definition) is 4. The number of rotatable bonds is 7. The van der Waals surface area contributed by atoms with Crippen LogP contribution in [-0.2, 0) is 4.79 Å². The quantitative estimate of drug-likeness (QED) is 0.510. The first-order valence-electron chi connectivity index (χ1n) is 9.91. The highest BCUT2D eigenvalue weighted by Gasteiger charge is 2.42. The largest absolute Gasteiger partial charge is 0.495 e. The highest BCUT2D eigenvalue weighted by Crippen LogP contribution is 2.41. The van der Waals surface area contributed by atoms with Gasteiger partial charge < -0.3 is 19.6 Å². The minimum absolute atomic E-state index is 0.324. The summed E-state index contributed by atoms with van der Waals surface area (Å²) in [6, 6.07) is 14.1. The van der Waals surface area contributed by atoms with E-state index in [1.165, 1.54) is 0 Å². The number of para-hydroxylation sites is 3. The number of carbonyl (C=O) groups excluding carboxylic acids is 1. The summed E-state index contributed by atoms with van der Waals surface area (Å²) in [4.78, 5) is 21.8. The third-order valence-electron chi connectivity index (χ3n) is 5.14. The molecule has 3 rings (SSSR count). The van der Waals surface area contributed by atoms with Crippen LogP contribution in [0.4, 0.5) is 5.69 Å². The number of amides is 1. The molecule has 0 radical (unpaired) electrons. The lowest BCUT2D eigenvalue weighted by Crippen LogP contribution is -2.34. The molecule has 1 aliphatic heterocycles. The fraction of sp³-hybridized carbons (Fsp3) is 0.240. The Morgan fingerprint density at radius 2 is 1.87 bits per heavy atom. The van der Waals surface area contributed by atoms with Gasteiger partial charge in [-0.1, -0.05) is 43.0 Å². The average molecular weight is 415 g/mol. The van der Waals surface area contributed by atoms with Crippen LogP contribution in [0.25, 0.3) is 4.85 Å². The maximum atomic E-state index is 13.5. The van der Waals surface area contributed by atoms with Gasteiger partial charge in [0.25, 0.3) is 11.9 Å². The standard InChI is InChI=1S/C25H25N3O3/c1-6-15-31-20-13-9-7-11-18(20)23-22(16(2)27-17(3)24(23)26-4)25(29)28-19-12-8-10-14-21(19)30-5/h6-14,23-24H,1,15H2,2-3,5H3,(H,28,29). The molecular weight excluding hydrogens is 390 g/mol. The van der Waals surface area contributed by atoms with Crippen LogP contribution in [0.3, 0.4) is 0 Å². The molecule has 1 aliphatic rings. The molecule has 0 spiro atoms. The smallest absolute Gasteiger partial charge is 0.272 e. The van der Waals surface area contributed by atoms with Gasteiger partial charge in [0, 0.05) is 11.3 Å². The first kappa shape index (κ1) is 21.8. The predicted octanol–water partition coefficient (Wildman–Crippen LogP) is 5.02. The number of methoxy groups -OCH3 is 1. The van der Waals surface area contributed by atoms with Gasteiger partial charge in [0.1, 0.15) is 24.0 Å². The Kier molecular flexibility index (Phi) is 6.88. The number of benzene rings is 2. The summed E-state index contributed by atoms with van der Waals surface area (Å²) in [5.74, 6) is 0.324. The molecule has 2 unspecified atom stereocenters. The van der Waals surface area contributed by atoms with Crippen LogP contribution >= 0.6 is 0 Å². The van der Waals surface area contributed by atoms with Crippen molar-refractivity contribution in [2.75, 3.05) is 19.0 Å². The molecule has 1 amide bonds. The molecule has 6 nitrogen and oxygen atoms in total. The average Bonchev–Trinajstić information content (AvgIpc) is 2.77. The molecule has 0 saturated carbocycles. The van der Waals surface area contributed by atoms with Crippen LogP contribution in [0, 0.1) is 6.57 Å². The molecule has 2 aromatic rings. The summed E-state index contributed by atoms with van der Waals surface area (Å²) in [6.07, 6.45) is 1.66. The predicted molar refractivity (Wildman–Crippen MR) is 123 cm³/mol. The van der Waals surface area contributed by atoms with E-state index in [9.17, 15) is 4.79 Å². The molecule has 0 fully saturated rings. The van der Waals surface area contributed by atoms with Crippen LogP contribution in [0.15, 0.2) is 77.4 Å². The van der Waals surface area contributed by atoms with Gasteiger partial charge in [0.15, 0.2) is 0 Å². The zero-order chi connectivity index (χ0) is 22.4. The lowest BCUT2D eigenvalue weighted by Gasteiger charge is -2.28. The van der Waals surface area contributed by atoms with Crippen LogP contribution in [0.2, 0.25) is 0 Å². The van der Waals surface area contributed by atoms with E-state index in [0.29, 0.717) is 40.8 Å². The van der Waals surface area contributed by atoms with E-state index in [2.05, 4.69) is 21.7 Å². The number of nitrogens with one attached hydrogen (secondary N) is 1. The fourth-order valence-electron chi connectivity index (χ4n) is 3.77. The van der Waals surface area contributed by atoms with Crippen LogP contribution in [0.1, 0.15) is 25.3 Å². The van der Waals surface area contributed by atoms with Gasteiger partial charge in [-0.05, 0) is 32.0 Å². The van der Waals surface area contributed by atoms with Gasteiger partial charge in [-0.15, -0.1) is 0 Å². The Bertz CT molecular complexity index is 1100. The highest BCUT2D eigenvalue weighted by atomic mass is 16.5. The van der Waals surface area contributed by atoms with E-state index in [-0.39, 0.29) is 5.91 Å². The molecule has 158 valence electrons. The number of aliphatic imine (C=N–C) groups is 1. The van der Waals surface area contributed by atoms with Crippen LogP contribution in [0.5, 0.6) is 11.5 Å². The first-order chi connectivity index (χ1) is 15.0. The third-order valence-corrected chi connectivity index (χ3v) is 5.14. The molecule has 6 heteroatoms. The monoisotopic (exact) mass is 415 g/mol. The molecule has 0 bridgehead atoms. The van der Waals surface area contributed by atoms with Crippen molar-refractivity contribution < 1.29 is 14.3 Å². The van der Waals surface area contributed by atoms with E-state index < -0.39 is 12.0 Å². The number of anilines is 1. The Morgan fingerprint density at radius 1 is 1.19 bits per heavy atom. The Morgan fingerprint density at radius 3 is 2.55 bits per heavy atom. The Balaban J connectivity index is 2.10. The third kappa shape index (κ3) is 4.51. The van der Waals surface area contributed by atoms with Crippen molar-refractivity contribution in [3.63, 3.8) is 0 Å². The second kappa shape index (κ2) is 9.77. The fourth-order valence-corrected chi connectivity index (χ4v) is 3.77. The first-order valence-corrected chi connectivity index (χ1v) is 9.91. The van der Waals surface area contributed by atoms with Crippen LogP contribution in [-0.4, -0.2) is 31.4 Å². The topological polar surface area (TPSA) is 64.3 Å². The summed E-state index contributed by atoms with van der Waals surface area (Å²) in [6.45, 7) is 15.4. The molecule has 1 N–H and O–H groups in total. The maximum absolute atomic E-state index is 13.5. The van der Waals surface area contributed by atoms with Gasteiger partial charge in [-0.3, -0.25) is 9.79 Å². The highest BCUT2D eigenvalue weighted by molar-refractivity contribution is 6.09. The molecule has 2 atom stereocenters. The van der Waals surface area contributed by atoms with Gasteiger partial charge in [0.05, 0.1) is 24.1 Å². The van der Waals surface area contributed by atoms with Crippen molar-refractivity contribution in [3.05, 3.63) is 89.4 Å². The Labute approximate surface area is 182 Å². The number of carbonyl (C=O) groups is 1. The number of ether oxygens (including phenoxy) is 2. The van der Waals surface area contributed by atoms with Crippen LogP contribution < -0.4 is 14.8 Å².